The van der Waals surface area contributed by atoms with E-state index < -0.39 is 22.2 Å². The van der Waals surface area contributed by atoms with Crippen molar-refractivity contribution in [1.29, 1.82) is 0 Å². The monoisotopic (exact) mass is 339 g/mol. The van der Waals surface area contributed by atoms with Gasteiger partial charge in [-0.05, 0) is 43.7 Å². The third kappa shape index (κ3) is 4.08. The maximum absolute atomic E-state index is 12.5. The van der Waals surface area contributed by atoms with Crippen molar-refractivity contribution in [3.63, 3.8) is 0 Å². The van der Waals surface area contributed by atoms with Gasteiger partial charge in [-0.1, -0.05) is 41.4 Å². The molecule has 0 unspecified atom stereocenters. The van der Waals surface area contributed by atoms with E-state index in [1.807, 2.05) is 6.92 Å². The van der Waals surface area contributed by atoms with Crippen LogP contribution in [0.1, 0.15) is 24.1 Å². The molecule has 0 aliphatic carbocycles. The van der Waals surface area contributed by atoms with E-state index in [-0.39, 0.29) is 4.90 Å². The van der Waals surface area contributed by atoms with E-state index in [2.05, 4.69) is 4.72 Å². The van der Waals surface area contributed by atoms with Crippen molar-refractivity contribution in [3.05, 3.63) is 64.7 Å². The molecule has 0 saturated carbocycles. The molecular formula is C16H18ClNO3S. The average Bonchev–Trinajstić information content (AvgIpc) is 2.46. The Bertz CT molecular complexity index is 725. The number of sulfonamides is 1. The van der Waals surface area contributed by atoms with Crippen molar-refractivity contribution < 1.29 is 13.5 Å². The zero-order chi connectivity index (χ0) is 16.3. The van der Waals surface area contributed by atoms with Crippen molar-refractivity contribution in [2.24, 2.45) is 0 Å². The number of halogens is 1. The molecule has 0 spiro atoms. The predicted molar refractivity (Wildman–Crippen MR) is 87.4 cm³/mol. The third-order valence-electron chi connectivity index (χ3n) is 3.32. The number of aliphatic hydroxyl groups excluding tert-OH is 1. The second-order valence-electron chi connectivity index (χ2n) is 5.20. The highest BCUT2D eigenvalue weighted by Gasteiger charge is 2.24. The van der Waals surface area contributed by atoms with Crippen LogP contribution in [0.5, 0.6) is 0 Å². The Labute approximate surface area is 135 Å². The number of aliphatic hydroxyl groups is 1. The standard InChI is InChI=1S/C16H18ClNO3S/c1-11-3-9-15(10-4-11)22(20,21)18-16(12(2)19)13-5-7-14(17)8-6-13/h3-10,12,16,18-19H,1-2H3/t12-,16+/m1/s1. The van der Waals surface area contributed by atoms with Gasteiger partial charge in [0, 0.05) is 5.02 Å². The third-order valence-corrected chi connectivity index (χ3v) is 5.03. The average molecular weight is 340 g/mol. The molecule has 118 valence electrons. The Morgan fingerprint density at radius 2 is 1.59 bits per heavy atom. The Morgan fingerprint density at radius 3 is 2.09 bits per heavy atom. The van der Waals surface area contributed by atoms with Crippen LogP contribution in [0.4, 0.5) is 0 Å². The van der Waals surface area contributed by atoms with Crippen LogP contribution in [0.15, 0.2) is 53.4 Å². The molecule has 2 atom stereocenters. The summed E-state index contributed by atoms with van der Waals surface area (Å²) in [5, 5.41) is 10.5. The van der Waals surface area contributed by atoms with Crippen molar-refractivity contribution in [3.8, 4) is 0 Å². The normalized spacial score (nSPS) is 14.5. The first-order chi connectivity index (χ1) is 10.3. The molecule has 2 aromatic carbocycles. The topological polar surface area (TPSA) is 66.4 Å². The van der Waals surface area contributed by atoms with Crippen LogP contribution >= 0.6 is 11.6 Å². The van der Waals surface area contributed by atoms with E-state index >= 15 is 0 Å². The van der Waals surface area contributed by atoms with E-state index in [0.29, 0.717) is 10.6 Å². The Kier molecular flexibility index (Phi) is 5.24. The molecular weight excluding hydrogens is 322 g/mol. The minimum absolute atomic E-state index is 0.165. The summed E-state index contributed by atoms with van der Waals surface area (Å²) in [4.78, 5) is 0.165. The summed E-state index contributed by atoms with van der Waals surface area (Å²) < 4.78 is 27.4. The highest BCUT2D eigenvalue weighted by molar-refractivity contribution is 7.89. The summed E-state index contributed by atoms with van der Waals surface area (Å²) in [6, 6.07) is 12.5. The molecule has 0 aliphatic heterocycles. The molecule has 0 radical (unpaired) electrons. The minimum Gasteiger partial charge on any atom is -0.391 e. The lowest BCUT2D eigenvalue weighted by atomic mass is 10.0. The van der Waals surface area contributed by atoms with E-state index in [9.17, 15) is 13.5 Å². The largest absolute Gasteiger partial charge is 0.391 e. The van der Waals surface area contributed by atoms with Gasteiger partial charge in [-0.25, -0.2) is 13.1 Å². The van der Waals surface area contributed by atoms with Crippen molar-refractivity contribution >= 4 is 21.6 Å². The van der Waals surface area contributed by atoms with Crippen molar-refractivity contribution in [2.75, 3.05) is 0 Å². The van der Waals surface area contributed by atoms with Gasteiger partial charge in [0.15, 0.2) is 0 Å². The molecule has 0 aromatic heterocycles. The van der Waals surface area contributed by atoms with Gasteiger partial charge in [0.2, 0.25) is 10.0 Å². The maximum atomic E-state index is 12.5. The van der Waals surface area contributed by atoms with Crippen molar-refractivity contribution in [1.82, 2.24) is 4.72 Å². The quantitative estimate of drug-likeness (QED) is 0.879. The summed E-state index contributed by atoms with van der Waals surface area (Å²) >= 11 is 5.84. The summed E-state index contributed by atoms with van der Waals surface area (Å²) in [5.41, 5.74) is 1.62. The smallest absolute Gasteiger partial charge is 0.241 e. The van der Waals surface area contributed by atoms with Gasteiger partial charge in [0.25, 0.3) is 0 Å². The summed E-state index contributed by atoms with van der Waals surface area (Å²) in [7, 11) is -3.72. The number of hydrogen-bond donors (Lipinski definition) is 2. The summed E-state index contributed by atoms with van der Waals surface area (Å²) in [6.07, 6.45) is -0.888. The van der Waals surface area contributed by atoms with Crippen LogP contribution in [0.25, 0.3) is 0 Å². The van der Waals surface area contributed by atoms with E-state index in [1.54, 1.807) is 48.5 Å². The zero-order valence-electron chi connectivity index (χ0n) is 12.3. The fraction of sp³-hybridized carbons (Fsp3) is 0.250. The molecule has 22 heavy (non-hydrogen) atoms. The van der Waals surface area contributed by atoms with Crippen LogP contribution in [0.3, 0.4) is 0 Å². The van der Waals surface area contributed by atoms with Gasteiger partial charge in [-0.2, -0.15) is 0 Å². The molecule has 6 heteroatoms. The SMILES string of the molecule is Cc1ccc(S(=O)(=O)N[C@H](c2ccc(Cl)cc2)[C@@H](C)O)cc1. The van der Waals surface area contributed by atoms with Gasteiger partial charge >= 0.3 is 0 Å². The first-order valence-electron chi connectivity index (χ1n) is 6.82. The maximum Gasteiger partial charge on any atom is 0.241 e. The summed E-state index contributed by atoms with van der Waals surface area (Å²) in [5.74, 6) is 0. The second kappa shape index (κ2) is 6.79. The number of aryl methyl sites for hydroxylation is 1. The lowest BCUT2D eigenvalue weighted by Crippen LogP contribution is -2.35. The molecule has 2 N–H and O–H groups in total. The van der Waals surface area contributed by atoms with Crippen LogP contribution in [0.2, 0.25) is 5.02 Å². The number of hydrogen-bond acceptors (Lipinski definition) is 3. The molecule has 0 fully saturated rings. The molecule has 0 saturated heterocycles. The highest BCUT2D eigenvalue weighted by atomic mass is 35.5. The molecule has 4 nitrogen and oxygen atoms in total. The lowest BCUT2D eigenvalue weighted by molar-refractivity contribution is 0.156. The van der Waals surface area contributed by atoms with Gasteiger partial charge in [-0.15, -0.1) is 0 Å². The summed E-state index contributed by atoms with van der Waals surface area (Å²) in [6.45, 7) is 3.42. The van der Waals surface area contributed by atoms with Crippen LogP contribution in [-0.4, -0.2) is 19.6 Å². The molecule has 2 aromatic rings. The Morgan fingerprint density at radius 1 is 1.05 bits per heavy atom. The number of rotatable bonds is 5. The predicted octanol–water partition coefficient (Wildman–Crippen LogP) is 3.05. The fourth-order valence-electron chi connectivity index (χ4n) is 2.07. The number of nitrogens with one attached hydrogen (secondary N) is 1. The van der Waals surface area contributed by atoms with Gasteiger partial charge in [-0.3, -0.25) is 0 Å². The highest BCUT2D eigenvalue weighted by Crippen LogP contribution is 2.22. The molecule has 0 bridgehead atoms. The Balaban J connectivity index is 2.31. The van der Waals surface area contributed by atoms with Gasteiger partial charge in [0.05, 0.1) is 17.0 Å². The van der Waals surface area contributed by atoms with Crippen LogP contribution < -0.4 is 4.72 Å². The molecule has 2 rings (SSSR count). The van der Waals surface area contributed by atoms with E-state index in [0.717, 1.165) is 5.56 Å². The first kappa shape index (κ1) is 17.0. The first-order valence-corrected chi connectivity index (χ1v) is 8.68. The zero-order valence-corrected chi connectivity index (χ0v) is 13.9. The van der Waals surface area contributed by atoms with E-state index in [1.165, 1.54) is 6.92 Å². The van der Waals surface area contributed by atoms with Gasteiger partial charge in [0.1, 0.15) is 0 Å². The molecule has 0 amide bonds. The van der Waals surface area contributed by atoms with E-state index in [4.69, 9.17) is 11.6 Å². The van der Waals surface area contributed by atoms with Crippen LogP contribution in [0, 0.1) is 6.92 Å². The lowest BCUT2D eigenvalue weighted by Gasteiger charge is -2.22. The fourth-order valence-corrected chi connectivity index (χ4v) is 3.49. The molecule has 0 aliphatic rings. The minimum atomic E-state index is -3.72. The Hall–Kier alpha value is -1.40. The second-order valence-corrected chi connectivity index (χ2v) is 7.35. The van der Waals surface area contributed by atoms with Crippen molar-refractivity contribution in [2.45, 2.75) is 30.9 Å². The number of benzene rings is 2. The molecule has 0 heterocycles. The van der Waals surface area contributed by atoms with Crippen LogP contribution in [-0.2, 0) is 10.0 Å². The van der Waals surface area contributed by atoms with Gasteiger partial charge < -0.3 is 5.11 Å².